The first-order valence-corrected chi connectivity index (χ1v) is 7.46. The van der Waals surface area contributed by atoms with Crippen LogP contribution in [0.15, 0.2) is 24.4 Å². The molecule has 1 aliphatic carbocycles. The van der Waals surface area contributed by atoms with Crippen LogP contribution in [0.5, 0.6) is 0 Å². The lowest BCUT2D eigenvalue weighted by molar-refractivity contribution is 0.0194. The standard InChI is InChI=1S/C16H20F2N2O2/c1-14(2,3)22-13(21)20-9-7-15(11(10-20)16(15,17)18)12-6-4-5-8-19-12/h4-6,8,11H,7,9-10H2,1-3H3. The van der Waals surface area contributed by atoms with E-state index in [1.54, 1.807) is 39.0 Å². The van der Waals surface area contributed by atoms with Gasteiger partial charge in [-0.2, -0.15) is 0 Å². The van der Waals surface area contributed by atoms with Crippen molar-refractivity contribution in [3.8, 4) is 0 Å². The summed E-state index contributed by atoms with van der Waals surface area (Å²) < 4.78 is 34.1. The van der Waals surface area contributed by atoms with Crippen LogP contribution in [0.4, 0.5) is 13.6 Å². The molecule has 1 saturated heterocycles. The summed E-state index contributed by atoms with van der Waals surface area (Å²) in [6.45, 7) is 5.56. The molecule has 0 spiro atoms. The Kier molecular flexibility index (Phi) is 3.20. The third kappa shape index (κ3) is 2.16. The van der Waals surface area contributed by atoms with Gasteiger partial charge in [0.05, 0.1) is 17.0 Å². The number of pyridine rings is 1. The molecule has 0 aromatic carbocycles. The van der Waals surface area contributed by atoms with Gasteiger partial charge >= 0.3 is 6.09 Å². The Balaban J connectivity index is 1.78. The molecule has 1 saturated carbocycles. The summed E-state index contributed by atoms with van der Waals surface area (Å²) in [6, 6.07) is 5.09. The van der Waals surface area contributed by atoms with Crippen LogP contribution in [0.2, 0.25) is 0 Å². The smallest absolute Gasteiger partial charge is 0.410 e. The molecule has 2 heterocycles. The maximum absolute atomic E-state index is 14.4. The number of amides is 1. The molecule has 2 unspecified atom stereocenters. The van der Waals surface area contributed by atoms with Gasteiger partial charge < -0.3 is 9.64 Å². The number of rotatable bonds is 1. The van der Waals surface area contributed by atoms with Gasteiger partial charge in [-0.25, -0.2) is 13.6 Å². The quantitative estimate of drug-likeness (QED) is 0.800. The van der Waals surface area contributed by atoms with Crippen molar-refractivity contribution in [1.82, 2.24) is 9.88 Å². The van der Waals surface area contributed by atoms with Crippen LogP contribution in [0.3, 0.4) is 0 Å². The normalized spacial score (nSPS) is 29.7. The van der Waals surface area contributed by atoms with E-state index in [0.717, 1.165) is 0 Å². The lowest BCUT2D eigenvalue weighted by Gasteiger charge is -2.31. The number of halogens is 2. The molecule has 0 radical (unpaired) electrons. The third-order valence-electron chi connectivity index (χ3n) is 4.50. The number of aromatic nitrogens is 1. The molecule has 0 bridgehead atoms. The van der Waals surface area contributed by atoms with Gasteiger partial charge in [0.25, 0.3) is 5.92 Å². The molecule has 1 aromatic rings. The van der Waals surface area contributed by atoms with Crippen LogP contribution in [0, 0.1) is 5.92 Å². The van der Waals surface area contributed by atoms with Crippen LogP contribution in [-0.2, 0) is 10.2 Å². The molecular weight excluding hydrogens is 290 g/mol. The number of alkyl halides is 2. The summed E-state index contributed by atoms with van der Waals surface area (Å²) in [6.07, 6.45) is 1.22. The van der Waals surface area contributed by atoms with Crippen molar-refractivity contribution in [2.24, 2.45) is 5.92 Å². The van der Waals surface area contributed by atoms with E-state index in [-0.39, 0.29) is 19.5 Å². The predicted octanol–water partition coefficient (Wildman–Crippen LogP) is 3.23. The number of fused-ring (bicyclic) bond motifs is 1. The van der Waals surface area contributed by atoms with Gasteiger partial charge in [0, 0.05) is 19.3 Å². The third-order valence-corrected chi connectivity index (χ3v) is 4.50. The Hall–Kier alpha value is -1.72. The lowest BCUT2D eigenvalue weighted by atomic mass is 9.91. The maximum atomic E-state index is 14.4. The average Bonchev–Trinajstić information content (AvgIpc) is 2.95. The molecule has 1 amide bonds. The summed E-state index contributed by atoms with van der Waals surface area (Å²) in [7, 11) is 0. The van der Waals surface area contributed by atoms with Crippen molar-refractivity contribution in [2.75, 3.05) is 13.1 Å². The van der Waals surface area contributed by atoms with Crippen molar-refractivity contribution in [2.45, 2.75) is 44.1 Å². The predicted molar refractivity (Wildman–Crippen MR) is 76.8 cm³/mol. The second-order valence-corrected chi connectivity index (χ2v) is 7.04. The zero-order chi connectivity index (χ0) is 16.2. The van der Waals surface area contributed by atoms with Gasteiger partial charge in [-0.3, -0.25) is 4.98 Å². The van der Waals surface area contributed by atoms with E-state index in [0.29, 0.717) is 5.69 Å². The van der Waals surface area contributed by atoms with E-state index in [2.05, 4.69) is 4.98 Å². The Labute approximate surface area is 128 Å². The molecule has 2 fully saturated rings. The van der Waals surface area contributed by atoms with E-state index < -0.39 is 28.9 Å². The number of hydrogen-bond donors (Lipinski definition) is 0. The first-order valence-electron chi connectivity index (χ1n) is 7.46. The topological polar surface area (TPSA) is 42.4 Å². The molecule has 4 nitrogen and oxygen atoms in total. The summed E-state index contributed by atoms with van der Waals surface area (Å²) >= 11 is 0. The molecule has 1 aliphatic heterocycles. The first kappa shape index (κ1) is 15.2. The van der Waals surface area contributed by atoms with E-state index in [1.807, 2.05) is 0 Å². The molecule has 1 aromatic heterocycles. The van der Waals surface area contributed by atoms with E-state index in [4.69, 9.17) is 4.74 Å². The monoisotopic (exact) mass is 310 g/mol. The number of carbonyl (C=O) groups is 1. The zero-order valence-corrected chi connectivity index (χ0v) is 13.0. The van der Waals surface area contributed by atoms with Crippen molar-refractivity contribution in [3.63, 3.8) is 0 Å². The highest BCUT2D eigenvalue weighted by molar-refractivity contribution is 5.69. The van der Waals surface area contributed by atoms with Gasteiger partial charge in [-0.15, -0.1) is 0 Å². The minimum absolute atomic E-state index is 0.0124. The second-order valence-electron chi connectivity index (χ2n) is 7.04. The Bertz CT molecular complexity index is 586. The number of likely N-dealkylation sites (tertiary alicyclic amines) is 1. The SMILES string of the molecule is CC(C)(C)OC(=O)N1CCC2(c3ccccn3)C(C1)C2(F)F. The number of carbonyl (C=O) groups excluding carboxylic acids is 1. The van der Waals surface area contributed by atoms with Gasteiger partial charge in [-0.05, 0) is 39.3 Å². The molecule has 120 valence electrons. The van der Waals surface area contributed by atoms with Crippen molar-refractivity contribution in [3.05, 3.63) is 30.1 Å². The summed E-state index contributed by atoms with van der Waals surface area (Å²) in [5.41, 5.74) is -1.42. The van der Waals surface area contributed by atoms with Crippen molar-refractivity contribution >= 4 is 6.09 Å². The maximum Gasteiger partial charge on any atom is 0.410 e. The highest BCUT2D eigenvalue weighted by Crippen LogP contribution is 2.69. The number of ether oxygens (including phenoxy) is 1. The van der Waals surface area contributed by atoms with Crippen molar-refractivity contribution < 1.29 is 18.3 Å². The Morgan fingerprint density at radius 2 is 2.14 bits per heavy atom. The largest absolute Gasteiger partial charge is 0.444 e. The van der Waals surface area contributed by atoms with Crippen LogP contribution >= 0.6 is 0 Å². The fourth-order valence-corrected chi connectivity index (χ4v) is 3.36. The molecule has 22 heavy (non-hydrogen) atoms. The van der Waals surface area contributed by atoms with Crippen LogP contribution in [0.25, 0.3) is 0 Å². The fourth-order valence-electron chi connectivity index (χ4n) is 3.36. The summed E-state index contributed by atoms with van der Waals surface area (Å²) in [5, 5.41) is 0. The summed E-state index contributed by atoms with van der Waals surface area (Å²) in [4.78, 5) is 17.6. The van der Waals surface area contributed by atoms with Crippen molar-refractivity contribution in [1.29, 1.82) is 0 Å². The summed E-state index contributed by atoms with van der Waals surface area (Å²) in [5.74, 6) is -3.70. The number of nitrogens with zero attached hydrogens (tertiary/aromatic N) is 2. The van der Waals surface area contributed by atoms with Crippen LogP contribution in [-0.4, -0.2) is 40.6 Å². The minimum atomic E-state index is -2.82. The van der Waals surface area contributed by atoms with Gasteiger partial charge in [-0.1, -0.05) is 6.07 Å². The van der Waals surface area contributed by atoms with Gasteiger partial charge in [0.2, 0.25) is 0 Å². The van der Waals surface area contributed by atoms with Gasteiger partial charge in [0.15, 0.2) is 0 Å². The minimum Gasteiger partial charge on any atom is -0.444 e. The van der Waals surface area contributed by atoms with Crippen LogP contribution in [0.1, 0.15) is 32.9 Å². The van der Waals surface area contributed by atoms with E-state index in [9.17, 15) is 13.6 Å². The molecule has 6 heteroatoms. The zero-order valence-electron chi connectivity index (χ0n) is 13.0. The highest BCUT2D eigenvalue weighted by atomic mass is 19.3. The molecule has 2 atom stereocenters. The second kappa shape index (κ2) is 4.64. The lowest BCUT2D eigenvalue weighted by Crippen LogP contribution is -2.43. The highest BCUT2D eigenvalue weighted by Gasteiger charge is 2.82. The van der Waals surface area contributed by atoms with E-state index >= 15 is 0 Å². The Morgan fingerprint density at radius 3 is 2.68 bits per heavy atom. The number of hydrogen-bond acceptors (Lipinski definition) is 3. The Morgan fingerprint density at radius 1 is 1.41 bits per heavy atom. The molecule has 3 rings (SSSR count). The van der Waals surface area contributed by atoms with Crippen LogP contribution < -0.4 is 0 Å². The number of piperidine rings is 1. The van der Waals surface area contributed by atoms with Gasteiger partial charge in [0.1, 0.15) is 5.60 Å². The van der Waals surface area contributed by atoms with E-state index in [1.165, 1.54) is 11.1 Å². The fraction of sp³-hybridized carbons (Fsp3) is 0.625. The molecule has 0 N–H and O–H groups in total. The molecule has 2 aliphatic rings. The first-order chi connectivity index (χ1) is 10.2. The molecular formula is C16H20F2N2O2. The average molecular weight is 310 g/mol.